The van der Waals surface area contributed by atoms with Gasteiger partial charge in [0.1, 0.15) is 11.6 Å². The Kier molecular flexibility index (Phi) is 5.58. The summed E-state index contributed by atoms with van der Waals surface area (Å²) in [5.74, 6) is -1.44. The number of nitrogens with two attached hydrogens (primary N) is 1. The summed E-state index contributed by atoms with van der Waals surface area (Å²) in [6.45, 7) is 0.331. The molecule has 0 fully saturated rings. The van der Waals surface area contributed by atoms with E-state index in [9.17, 15) is 14.4 Å². The summed E-state index contributed by atoms with van der Waals surface area (Å²) in [6.07, 6.45) is 5.24. The predicted molar refractivity (Wildman–Crippen MR) is 101 cm³/mol. The summed E-state index contributed by atoms with van der Waals surface area (Å²) >= 11 is 0. The molecule has 0 saturated carbocycles. The van der Waals surface area contributed by atoms with Crippen LogP contribution in [0.1, 0.15) is 10.4 Å². The number of hydrogen-bond donors (Lipinski definition) is 2. The van der Waals surface area contributed by atoms with Crippen molar-refractivity contribution in [1.29, 1.82) is 5.41 Å². The van der Waals surface area contributed by atoms with E-state index in [-0.39, 0.29) is 36.5 Å². The van der Waals surface area contributed by atoms with Crippen LogP contribution in [0.5, 0.6) is 5.75 Å². The van der Waals surface area contributed by atoms with Crippen molar-refractivity contribution in [3.05, 3.63) is 53.8 Å². The molecular formula is C20H21N3O5. The van der Waals surface area contributed by atoms with Crippen LogP contribution in [0.25, 0.3) is 0 Å². The number of nitrogens with zero attached hydrogens (tertiary/aromatic N) is 1. The predicted octanol–water partition coefficient (Wildman–Crippen LogP) is 0.928. The first-order valence-electron chi connectivity index (χ1n) is 8.73. The Labute approximate surface area is 162 Å². The van der Waals surface area contributed by atoms with E-state index in [1.54, 1.807) is 47.5 Å². The van der Waals surface area contributed by atoms with Gasteiger partial charge in [-0.1, -0.05) is 12.2 Å². The third-order valence-corrected chi connectivity index (χ3v) is 4.72. The zero-order chi connectivity index (χ0) is 20.3. The number of methoxy groups -OCH3 is 1. The zero-order valence-electron chi connectivity index (χ0n) is 15.4. The van der Waals surface area contributed by atoms with Gasteiger partial charge in [0.05, 0.1) is 25.5 Å². The minimum Gasteiger partial charge on any atom is -0.482 e. The van der Waals surface area contributed by atoms with Crippen molar-refractivity contribution in [2.24, 2.45) is 17.6 Å². The minimum atomic E-state index is -0.685. The van der Waals surface area contributed by atoms with Gasteiger partial charge < -0.3 is 20.1 Å². The second-order valence-corrected chi connectivity index (χ2v) is 6.62. The molecule has 0 bridgehead atoms. The topological polar surface area (TPSA) is 123 Å². The Bertz CT molecular complexity index is 872. The number of carbonyl (C=O) groups excluding carboxylic acids is 3. The van der Waals surface area contributed by atoms with Crippen LogP contribution >= 0.6 is 0 Å². The fraction of sp³-hybridized carbons (Fsp3) is 0.300. The molecule has 1 heterocycles. The number of fused-ring (bicyclic) bond motifs is 1. The van der Waals surface area contributed by atoms with Crippen LogP contribution in [-0.4, -0.2) is 55.1 Å². The fourth-order valence-corrected chi connectivity index (χ4v) is 3.21. The molecule has 2 aliphatic rings. The molecule has 3 N–H and O–H groups in total. The van der Waals surface area contributed by atoms with E-state index in [0.29, 0.717) is 17.9 Å². The van der Waals surface area contributed by atoms with Gasteiger partial charge in [-0.15, -0.1) is 0 Å². The van der Waals surface area contributed by atoms with E-state index < -0.39 is 11.9 Å². The summed E-state index contributed by atoms with van der Waals surface area (Å²) in [5, 5.41) is 7.51. The van der Waals surface area contributed by atoms with Gasteiger partial charge in [0.25, 0.3) is 0 Å². The number of carbonyl (C=O) groups is 3. The van der Waals surface area contributed by atoms with Gasteiger partial charge >= 0.3 is 5.97 Å². The molecule has 1 aliphatic heterocycles. The number of benzene rings is 1. The van der Waals surface area contributed by atoms with Crippen molar-refractivity contribution in [2.75, 3.05) is 26.8 Å². The van der Waals surface area contributed by atoms with Crippen molar-refractivity contribution in [3.63, 3.8) is 0 Å². The van der Waals surface area contributed by atoms with E-state index in [1.165, 1.54) is 7.11 Å². The summed E-state index contributed by atoms with van der Waals surface area (Å²) < 4.78 is 9.75. The van der Waals surface area contributed by atoms with Crippen molar-refractivity contribution in [1.82, 2.24) is 4.90 Å². The van der Waals surface area contributed by atoms with Gasteiger partial charge in [-0.25, -0.2) is 4.79 Å². The highest BCUT2D eigenvalue weighted by Crippen LogP contribution is 2.31. The van der Waals surface area contributed by atoms with Crippen LogP contribution in [0.15, 0.2) is 48.2 Å². The third-order valence-electron chi connectivity index (χ3n) is 4.72. The molecule has 8 heteroatoms. The normalized spacial score (nSPS) is 20.4. The Balaban J connectivity index is 1.58. The molecule has 8 nitrogen and oxygen atoms in total. The van der Waals surface area contributed by atoms with E-state index >= 15 is 0 Å². The van der Waals surface area contributed by atoms with Crippen LogP contribution in [0.3, 0.4) is 0 Å². The van der Waals surface area contributed by atoms with Gasteiger partial charge in [0, 0.05) is 18.3 Å². The third kappa shape index (κ3) is 4.11. The lowest BCUT2D eigenvalue weighted by molar-refractivity contribution is -0.142. The van der Waals surface area contributed by atoms with E-state index in [0.717, 1.165) is 5.57 Å². The summed E-state index contributed by atoms with van der Waals surface area (Å²) in [7, 11) is 1.28. The monoisotopic (exact) mass is 383 g/mol. The first-order valence-corrected chi connectivity index (χ1v) is 8.73. The number of ether oxygens (including phenoxy) is 2. The SMILES string of the molecule is COC(=O)COc1ccc(C(=O)CN2C=C3C=CC(C(=N)N)C(=O)C3C2)cc1. The van der Waals surface area contributed by atoms with Crippen LogP contribution in [0, 0.1) is 17.2 Å². The number of ketones is 2. The van der Waals surface area contributed by atoms with E-state index in [2.05, 4.69) is 4.74 Å². The zero-order valence-corrected chi connectivity index (χ0v) is 15.4. The molecule has 0 radical (unpaired) electrons. The average Bonchev–Trinajstić information content (AvgIpc) is 3.09. The quantitative estimate of drug-likeness (QED) is 0.311. The molecule has 2 unspecified atom stereocenters. The Morgan fingerprint density at radius 1 is 1.29 bits per heavy atom. The van der Waals surface area contributed by atoms with Gasteiger partial charge in [-0.3, -0.25) is 15.0 Å². The second-order valence-electron chi connectivity index (χ2n) is 6.62. The maximum Gasteiger partial charge on any atom is 0.343 e. The molecular weight excluding hydrogens is 362 g/mol. The number of nitrogens with one attached hydrogen (secondary N) is 1. The number of esters is 1. The smallest absolute Gasteiger partial charge is 0.343 e. The van der Waals surface area contributed by atoms with Crippen LogP contribution < -0.4 is 10.5 Å². The molecule has 1 aliphatic carbocycles. The number of allylic oxidation sites excluding steroid dienone is 1. The number of amidine groups is 1. The number of Topliss-reactive ketones (excluding diaryl/α,β-unsaturated/α-hetero) is 2. The lowest BCUT2D eigenvalue weighted by Gasteiger charge is -2.22. The molecule has 1 aromatic carbocycles. The van der Waals surface area contributed by atoms with E-state index in [1.807, 2.05) is 0 Å². The average molecular weight is 383 g/mol. The highest BCUT2D eigenvalue weighted by atomic mass is 16.6. The van der Waals surface area contributed by atoms with Gasteiger partial charge in [0.2, 0.25) is 0 Å². The first-order chi connectivity index (χ1) is 13.4. The van der Waals surface area contributed by atoms with Crippen LogP contribution in [0.4, 0.5) is 0 Å². The lowest BCUT2D eigenvalue weighted by atomic mass is 9.83. The largest absolute Gasteiger partial charge is 0.482 e. The van der Waals surface area contributed by atoms with Crippen molar-refractivity contribution >= 4 is 23.4 Å². The van der Waals surface area contributed by atoms with Crippen LogP contribution in [-0.2, 0) is 14.3 Å². The highest BCUT2D eigenvalue weighted by Gasteiger charge is 2.37. The second kappa shape index (κ2) is 8.08. The van der Waals surface area contributed by atoms with Gasteiger partial charge in [-0.2, -0.15) is 0 Å². The molecule has 146 valence electrons. The standard InChI is InChI=1S/C20H21N3O5/c1-27-18(25)11-28-14-5-2-12(3-6-14)17(24)10-23-8-13-4-7-15(20(21)22)19(26)16(13)9-23/h2-8,15-16H,9-11H2,1H3,(H3,21,22). The van der Waals surface area contributed by atoms with Gasteiger partial charge in [0.15, 0.2) is 18.2 Å². The summed E-state index contributed by atoms with van der Waals surface area (Å²) in [4.78, 5) is 37.9. The van der Waals surface area contributed by atoms with E-state index in [4.69, 9.17) is 15.9 Å². The maximum absolute atomic E-state index is 12.5. The van der Waals surface area contributed by atoms with Crippen molar-refractivity contribution < 1.29 is 23.9 Å². The summed E-state index contributed by atoms with van der Waals surface area (Å²) in [6, 6.07) is 6.48. The molecule has 2 atom stereocenters. The van der Waals surface area contributed by atoms with Crippen molar-refractivity contribution in [3.8, 4) is 5.75 Å². The summed E-state index contributed by atoms with van der Waals surface area (Å²) in [5.41, 5.74) is 6.82. The van der Waals surface area contributed by atoms with Gasteiger partial charge in [-0.05, 0) is 29.8 Å². The molecule has 1 aromatic rings. The molecule has 0 amide bonds. The number of rotatable bonds is 7. The molecule has 3 rings (SSSR count). The fourth-order valence-electron chi connectivity index (χ4n) is 3.21. The molecule has 0 aromatic heterocycles. The lowest BCUT2D eigenvalue weighted by Crippen LogP contribution is -2.37. The first kappa shape index (κ1) is 19.3. The molecule has 28 heavy (non-hydrogen) atoms. The maximum atomic E-state index is 12.5. The highest BCUT2D eigenvalue weighted by molar-refractivity contribution is 6.07. The Morgan fingerprint density at radius 2 is 2.00 bits per heavy atom. The minimum absolute atomic E-state index is 0.102. The number of hydrogen-bond acceptors (Lipinski definition) is 7. The Morgan fingerprint density at radius 3 is 2.64 bits per heavy atom. The Hall–Kier alpha value is -3.42. The molecule has 0 saturated heterocycles. The van der Waals surface area contributed by atoms with Crippen molar-refractivity contribution in [2.45, 2.75) is 0 Å². The molecule has 0 spiro atoms. The van der Waals surface area contributed by atoms with Crippen LogP contribution in [0.2, 0.25) is 0 Å².